The molecule has 1 aliphatic rings. The van der Waals surface area contributed by atoms with Crippen molar-refractivity contribution >= 4 is 0 Å². The summed E-state index contributed by atoms with van der Waals surface area (Å²) in [5.74, 6) is 0.709. The standard InChI is InChI=1S/C12H26N2O/c1-10(2)12-8-14(7-5-6-13-12)11(3)9-15-4/h10-13H,5-9H2,1-4H3. The molecule has 0 saturated carbocycles. The summed E-state index contributed by atoms with van der Waals surface area (Å²) < 4.78 is 5.23. The van der Waals surface area contributed by atoms with Gasteiger partial charge in [-0.3, -0.25) is 4.90 Å². The van der Waals surface area contributed by atoms with Crippen LogP contribution in [0.4, 0.5) is 0 Å². The summed E-state index contributed by atoms with van der Waals surface area (Å²) in [6.45, 7) is 11.2. The van der Waals surface area contributed by atoms with Gasteiger partial charge in [0.05, 0.1) is 6.61 Å². The van der Waals surface area contributed by atoms with E-state index in [2.05, 4.69) is 31.0 Å². The van der Waals surface area contributed by atoms with E-state index in [4.69, 9.17) is 4.74 Å². The smallest absolute Gasteiger partial charge is 0.0615 e. The Labute approximate surface area is 94.2 Å². The third-order valence-corrected chi connectivity index (χ3v) is 3.30. The van der Waals surface area contributed by atoms with Crippen molar-refractivity contribution in [3.63, 3.8) is 0 Å². The van der Waals surface area contributed by atoms with Crippen LogP contribution in [-0.4, -0.2) is 50.3 Å². The average Bonchev–Trinajstić information content (AvgIpc) is 2.43. The second-order valence-corrected chi connectivity index (χ2v) is 4.96. The zero-order valence-electron chi connectivity index (χ0n) is 10.6. The quantitative estimate of drug-likeness (QED) is 0.764. The van der Waals surface area contributed by atoms with E-state index in [0.29, 0.717) is 18.0 Å². The Balaban J connectivity index is 2.48. The van der Waals surface area contributed by atoms with Crippen molar-refractivity contribution in [2.45, 2.75) is 39.3 Å². The van der Waals surface area contributed by atoms with Gasteiger partial charge in [0.15, 0.2) is 0 Å². The third kappa shape index (κ3) is 4.09. The highest BCUT2D eigenvalue weighted by Crippen LogP contribution is 2.11. The van der Waals surface area contributed by atoms with Gasteiger partial charge in [0.2, 0.25) is 0 Å². The van der Waals surface area contributed by atoms with E-state index in [1.165, 1.54) is 13.0 Å². The average molecular weight is 214 g/mol. The summed E-state index contributed by atoms with van der Waals surface area (Å²) in [6, 6.07) is 1.17. The third-order valence-electron chi connectivity index (χ3n) is 3.30. The van der Waals surface area contributed by atoms with Gasteiger partial charge < -0.3 is 10.1 Å². The van der Waals surface area contributed by atoms with Crippen LogP contribution in [0.5, 0.6) is 0 Å². The van der Waals surface area contributed by atoms with Crippen LogP contribution in [-0.2, 0) is 4.74 Å². The van der Waals surface area contributed by atoms with Crippen LogP contribution >= 0.6 is 0 Å². The molecule has 0 aliphatic carbocycles. The van der Waals surface area contributed by atoms with E-state index >= 15 is 0 Å². The highest BCUT2D eigenvalue weighted by Gasteiger charge is 2.23. The summed E-state index contributed by atoms with van der Waals surface area (Å²) in [6.07, 6.45) is 1.25. The zero-order chi connectivity index (χ0) is 11.3. The summed E-state index contributed by atoms with van der Waals surface area (Å²) in [5.41, 5.74) is 0. The van der Waals surface area contributed by atoms with Crippen molar-refractivity contribution in [1.29, 1.82) is 0 Å². The fourth-order valence-corrected chi connectivity index (χ4v) is 2.17. The summed E-state index contributed by atoms with van der Waals surface area (Å²) in [5, 5.41) is 3.63. The molecular weight excluding hydrogens is 188 g/mol. The molecule has 3 nitrogen and oxygen atoms in total. The fourth-order valence-electron chi connectivity index (χ4n) is 2.17. The zero-order valence-corrected chi connectivity index (χ0v) is 10.6. The lowest BCUT2D eigenvalue weighted by Crippen LogP contribution is -2.45. The van der Waals surface area contributed by atoms with Gasteiger partial charge in [0.25, 0.3) is 0 Å². The molecule has 0 aromatic carbocycles. The van der Waals surface area contributed by atoms with E-state index in [-0.39, 0.29) is 0 Å². The predicted octanol–water partition coefficient (Wildman–Crippen LogP) is 1.34. The van der Waals surface area contributed by atoms with Crippen molar-refractivity contribution in [1.82, 2.24) is 10.2 Å². The molecule has 0 aromatic heterocycles. The summed E-state index contributed by atoms with van der Waals surface area (Å²) >= 11 is 0. The molecule has 0 spiro atoms. The molecule has 0 amide bonds. The first kappa shape index (κ1) is 12.9. The molecule has 1 heterocycles. The van der Waals surface area contributed by atoms with Crippen molar-refractivity contribution in [2.24, 2.45) is 5.92 Å². The van der Waals surface area contributed by atoms with Crippen molar-refractivity contribution in [3.8, 4) is 0 Å². The van der Waals surface area contributed by atoms with E-state index in [1.54, 1.807) is 7.11 Å². The SMILES string of the molecule is COCC(C)N1CCCNC(C(C)C)C1. The Morgan fingerprint density at radius 3 is 2.73 bits per heavy atom. The lowest BCUT2D eigenvalue weighted by Gasteiger charge is -2.31. The van der Waals surface area contributed by atoms with Gasteiger partial charge in [-0.15, -0.1) is 0 Å². The lowest BCUT2D eigenvalue weighted by molar-refractivity contribution is 0.0946. The molecule has 0 aromatic rings. The van der Waals surface area contributed by atoms with Crippen LogP contribution in [0.3, 0.4) is 0 Å². The van der Waals surface area contributed by atoms with Gasteiger partial charge in [-0.2, -0.15) is 0 Å². The Morgan fingerprint density at radius 2 is 2.13 bits per heavy atom. The Kier molecular flexibility index (Phi) is 5.58. The monoisotopic (exact) mass is 214 g/mol. The maximum absolute atomic E-state index is 5.23. The van der Waals surface area contributed by atoms with Crippen LogP contribution < -0.4 is 5.32 Å². The first-order valence-electron chi connectivity index (χ1n) is 6.11. The number of rotatable bonds is 4. The molecule has 2 unspecified atom stereocenters. The minimum atomic E-state index is 0.538. The molecule has 1 fully saturated rings. The van der Waals surface area contributed by atoms with Gasteiger partial charge >= 0.3 is 0 Å². The maximum Gasteiger partial charge on any atom is 0.0615 e. The number of nitrogens with zero attached hydrogens (tertiary/aromatic N) is 1. The molecular formula is C12H26N2O. The number of methoxy groups -OCH3 is 1. The molecule has 90 valence electrons. The second-order valence-electron chi connectivity index (χ2n) is 4.96. The summed E-state index contributed by atoms with van der Waals surface area (Å²) in [7, 11) is 1.78. The molecule has 0 bridgehead atoms. The first-order chi connectivity index (χ1) is 7.15. The number of nitrogens with one attached hydrogen (secondary N) is 1. The molecule has 0 radical (unpaired) electrons. The second kappa shape index (κ2) is 6.46. The first-order valence-corrected chi connectivity index (χ1v) is 6.11. The van der Waals surface area contributed by atoms with Crippen molar-refractivity contribution in [2.75, 3.05) is 33.4 Å². The van der Waals surface area contributed by atoms with Crippen LogP contribution in [0.1, 0.15) is 27.2 Å². The largest absolute Gasteiger partial charge is 0.383 e. The molecule has 1 aliphatic heterocycles. The Morgan fingerprint density at radius 1 is 1.40 bits per heavy atom. The van der Waals surface area contributed by atoms with E-state index in [0.717, 1.165) is 19.7 Å². The maximum atomic E-state index is 5.23. The molecule has 15 heavy (non-hydrogen) atoms. The minimum Gasteiger partial charge on any atom is -0.383 e. The summed E-state index contributed by atoms with van der Waals surface area (Å²) in [4.78, 5) is 2.55. The van der Waals surface area contributed by atoms with Gasteiger partial charge in [0.1, 0.15) is 0 Å². The van der Waals surface area contributed by atoms with Crippen LogP contribution in [0.2, 0.25) is 0 Å². The van der Waals surface area contributed by atoms with E-state index in [1.807, 2.05) is 0 Å². The van der Waals surface area contributed by atoms with Crippen LogP contribution in [0.25, 0.3) is 0 Å². The molecule has 1 N–H and O–H groups in total. The Bertz CT molecular complexity index is 173. The molecule has 2 atom stereocenters. The highest BCUT2D eigenvalue weighted by atomic mass is 16.5. The fraction of sp³-hybridized carbons (Fsp3) is 1.00. The molecule has 1 saturated heterocycles. The van der Waals surface area contributed by atoms with Crippen LogP contribution in [0, 0.1) is 5.92 Å². The number of hydrogen-bond donors (Lipinski definition) is 1. The number of hydrogen-bond acceptors (Lipinski definition) is 3. The van der Waals surface area contributed by atoms with E-state index < -0.39 is 0 Å². The lowest BCUT2D eigenvalue weighted by atomic mass is 10.0. The molecule has 3 heteroatoms. The minimum absolute atomic E-state index is 0.538. The van der Waals surface area contributed by atoms with Gasteiger partial charge in [-0.1, -0.05) is 13.8 Å². The number of ether oxygens (including phenoxy) is 1. The molecule has 1 rings (SSSR count). The normalized spacial score (nSPS) is 26.6. The topological polar surface area (TPSA) is 24.5 Å². The van der Waals surface area contributed by atoms with Crippen molar-refractivity contribution in [3.05, 3.63) is 0 Å². The van der Waals surface area contributed by atoms with Crippen LogP contribution in [0.15, 0.2) is 0 Å². The van der Waals surface area contributed by atoms with Gasteiger partial charge in [-0.25, -0.2) is 0 Å². The Hall–Kier alpha value is -0.120. The van der Waals surface area contributed by atoms with Crippen molar-refractivity contribution < 1.29 is 4.74 Å². The van der Waals surface area contributed by atoms with E-state index in [9.17, 15) is 0 Å². The van der Waals surface area contributed by atoms with Gasteiger partial charge in [0, 0.05) is 25.7 Å². The predicted molar refractivity (Wildman–Crippen MR) is 64.2 cm³/mol. The highest BCUT2D eigenvalue weighted by molar-refractivity contribution is 4.81. The van der Waals surface area contributed by atoms with Gasteiger partial charge in [-0.05, 0) is 32.4 Å².